The van der Waals surface area contributed by atoms with Crippen LogP contribution < -0.4 is 7.74 Å². The Morgan fingerprint density at radius 3 is 1.22 bits per heavy atom. The van der Waals surface area contributed by atoms with Gasteiger partial charge < -0.3 is 0 Å². The predicted octanol–water partition coefficient (Wildman–Crippen LogP) is 6.04. The molecular formula is C26H28Ti. The number of benzene rings is 2. The van der Waals surface area contributed by atoms with Gasteiger partial charge in [-0.25, -0.2) is 0 Å². The number of allylic oxidation sites excluding steroid dienone is 8. The van der Waals surface area contributed by atoms with E-state index in [9.17, 15) is 0 Å². The van der Waals surface area contributed by atoms with E-state index in [0.717, 1.165) is 12.8 Å². The van der Waals surface area contributed by atoms with Gasteiger partial charge in [-0.15, -0.1) is 0 Å². The second-order valence-corrected chi connectivity index (χ2v) is 13.8. The Balaban J connectivity index is 2.11. The molecule has 0 aromatic heterocycles. The van der Waals surface area contributed by atoms with Crippen LogP contribution in [-0.4, -0.2) is 0 Å². The zero-order valence-electron chi connectivity index (χ0n) is 16.8. The average molecular weight is 388 g/mol. The molecule has 4 rings (SSSR count). The Hall–Kier alpha value is -1.89. The summed E-state index contributed by atoms with van der Waals surface area (Å²) < 4.78 is 6.38. The van der Waals surface area contributed by atoms with Gasteiger partial charge in [0.05, 0.1) is 0 Å². The summed E-state index contributed by atoms with van der Waals surface area (Å²) in [5.74, 6) is 0. The van der Waals surface area contributed by atoms with Crippen molar-refractivity contribution in [2.75, 3.05) is 0 Å². The molecule has 2 aliphatic carbocycles. The maximum atomic E-state index is 2.55. The third kappa shape index (κ3) is 2.87. The van der Waals surface area contributed by atoms with Crippen molar-refractivity contribution in [1.29, 1.82) is 0 Å². The molecule has 2 aromatic rings. The maximum absolute atomic E-state index is 3.00. The van der Waals surface area contributed by atoms with Crippen LogP contribution in [0.1, 0.15) is 40.5 Å². The molecule has 0 unspecified atom stereocenters. The molecule has 0 aliphatic heterocycles. The topological polar surface area (TPSA) is 0 Å². The molecule has 0 bridgehead atoms. The minimum absolute atomic E-state index is 1.10. The van der Waals surface area contributed by atoms with Crippen molar-refractivity contribution in [2.45, 2.75) is 40.5 Å². The van der Waals surface area contributed by atoms with Crippen LogP contribution in [0.15, 0.2) is 103 Å². The van der Waals surface area contributed by atoms with Gasteiger partial charge in [0.1, 0.15) is 0 Å². The number of hydrogen-bond donors (Lipinski definition) is 0. The molecule has 0 radical (unpaired) electrons. The van der Waals surface area contributed by atoms with E-state index < -0.39 is 16.6 Å². The summed E-state index contributed by atoms with van der Waals surface area (Å²) in [6.07, 6.45) is 7.30. The molecule has 27 heavy (non-hydrogen) atoms. The summed E-state index contributed by atoms with van der Waals surface area (Å²) in [5.41, 5.74) is 6.12. The van der Waals surface area contributed by atoms with E-state index in [1.54, 1.807) is 15.5 Å². The Bertz CT molecular complexity index is 902. The molecule has 0 nitrogen and oxygen atoms in total. The summed E-state index contributed by atoms with van der Waals surface area (Å²) in [7, 11) is 0. The van der Waals surface area contributed by atoms with Gasteiger partial charge in [0.15, 0.2) is 0 Å². The molecule has 1 heteroatoms. The standard InChI is InChI=1S/2C7H9.2C6H5.Ti/c2*1-6-4-3-5-7(6)2;2*1-2-4-6-5-3-1;/h2*3H,4H2,1-2H3;2*1-5H;. The van der Waals surface area contributed by atoms with E-state index in [1.165, 1.54) is 22.3 Å². The first-order valence-corrected chi connectivity index (χ1v) is 13.0. The molecule has 0 N–H and O–H groups in total. The third-order valence-corrected chi connectivity index (χ3v) is 14.6. The van der Waals surface area contributed by atoms with Gasteiger partial charge in [-0.2, -0.15) is 0 Å². The molecule has 0 spiro atoms. The van der Waals surface area contributed by atoms with Crippen molar-refractivity contribution >= 4 is 7.74 Å². The van der Waals surface area contributed by atoms with Crippen LogP contribution >= 0.6 is 0 Å². The molecule has 2 aromatic carbocycles. The zero-order chi connectivity index (χ0) is 19.0. The van der Waals surface area contributed by atoms with E-state index in [1.807, 2.05) is 0 Å². The molecule has 2 aliphatic rings. The van der Waals surface area contributed by atoms with Crippen molar-refractivity contribution in [3.63, 3.8) is 0 Å². The molecule has 0 saturated heterocycles. The SMILES string of the molecule is CC1=C(C)[C]([Ti]([C]2=CCC(C)=C2C)([c]2ccccc2)[c]2ccccc2)=CC1. The first kappa shape index (κ1) is 18.5. The second-order valence-electron chi connectivity index (χ2n) is 7.94. The summed E-state index contributed by atoms with van der Waals surface area (Å²) in [5, 5.41) is 0. The van der Waals surface area contributed by atoms with Crippen LogP contribution in [0.2, 0.25) is 0 Å². The van der Waals surface area contributed by atoms with Gasteiger partial charge in [-0.05, 0) is 0 Å². The van der Waals surface area contributed by atoms with Crippen molar-refractivity contribution in [3.8, 4) is 0 Å². The molecule has 0 fully saturated rings. The van der Waals surface area contributed by atoms with Crippen LogP contribution in [0.5, 0.6) is 0 Å². The van der Waals surface area contributed by atoms with Crippen molar-refractivity contribution in [2.24, 2.45) is 0 Å². The molecule has 0 heterocycles. The molecule has 0 amide bonds. The Morgan fingerprint density at radius 2 is 0.926 bits per heavy atom. The van der Waals surface area contributed by atoms with E-state index in [4.69, 9.17) is 0 Å². The molecule has 0 saturated carbocycles. The van der Waals surface area contributed by atoms with Gasteiger partial charge in [0.25, 0.3) is 0 Å². The van der Waals surface area contributed by atoms with Crippen LogP contribution in [0, 0.1) is 0 Å². The summed E-state index contributed by atoms with van der Waals surface area (Å²) in [6.45, 7) is 9.31. The fourth-order valence-corrected chi connectivity index (χ4v) is 13.5. The van der Waals surface area contributed by atoms with E-state index >= 15 is 0 Å². The van der Waals surface area contributed by atoms with Crippen molar-refractivity contribution in [3.05, 3.63) is 103 Å². The predicted molar refractivity (Wildman–Crippen MR) is 114 cm³/mol. The molecule has 0 atom stereocenters. The first-order chi connectivity index (χ1) is 13.1. The second kappa shape index (κ2) is 7.26. The zero-order valence-corrected chi connectivity index (χ0v) is 18.4. The van der Waals surface area contributed by atoms with Crippen molar-refractivity contribution < 1.29 is 16.6 Å². The summed E-state index contributed by atoms with van der Waals surface area (Å²) in [4.78, 5) is 0. The van der Waals surface area contributed by atoms with Gasteiger partial charge in [-0.1, -0.05) is 0 Å². The summed E-state index contributed by atoms with van der Waals surface area (Å²) in [6, 6.07) is 22.7. The van der Waals surface area contributed by atoms with E-state index in [2.05, 4.69) is 101 Å². The van der Waals surface area contributed by atoms with E-state index in [-0.39, 0.29) is 0 Å². The normalized spacial score (nSPS) is 17.5. The Kier molecular flexibility index (Phi) is 4.97. The third-order valence-electron chi connectivity index (χ3n) is 6.53. The number of rotatable bonds is 4. The minimum atomic E-state index is -3.00. The first-order valence-electron chi connectivity index (χ1n) is 9.92. The quantitative estimate of drug-likeness (QED) is 0.560. The van der Waals surface area contributed by atoms with Gasteiger partial charge in [0, 0.05) is 0 Å². The van der Waals surface area contributed by atoms with Gasteiger partial charge in [0.2, 0.25) is 0 Å². The Morgan fingerprint density at radius 1 is 0.556 bits per heavy atom. The number of hydrogen-bond acceptors (Lipinski definition) is 0. The molecule has 136 valence electrons. The van der Waals surface area contributed by atoms with Crippen LogP contribution in [0.4, 0.5) is 0 Å². The van der Waals surface area contributed by atoms with Crippen LogP contribution in [0.3, 0.4) is 0 Å². The van der Waals surface area contributed by atoms with Gasteiger partial charge >= 0.3 is 168 Å². The van der Waals surface area contributed by atoms with Gasteiger partial charge in [-0.3, -0.25) is 0 Å². The average Bonchev–Trinajstić information content (AvgIpc) is 3.22. The Labute approximate surface area is 167 Å². The fourth-order valence-electron chi connectivity index (χ4n) is 4.76. The molecular weight excluding hydrogens is 360 g/mol. The van der Waals surface area contributed by atoms with Crippen molar-refractivity contribution in [1.82, 2.24) is 0 Å². The van der Waals surface area contributed by atoms with Crippen LogP contribution in [-0.2, 0) is 16.6 Å². The van der Waals surface area contributed by atoms with Crippen LogP contribution in [0.25, 0.3) is 0 Å². The fraction of sp³-hybridized carbons (Fsp3) is 0.231. The monoisotopic (exact) mass is 388 g/mol. The van der Waals surface area contributed by atoms with E-state index in [0.29, 0.717) is 0 Å². The summed E-state index contributed by atoms with van der Waals surface area (Å²) >= 11 is -3.00.